The summed E-state index contributed by atoms with van der Waals surface area (Å²) < 4.78 is 4.65. The van der Waals surface area contributed by atoms with Crippen LogP contribution in [0.4, 0.5) is 0 Å². The quantitative estimate of drug-likeness (QED) is 0.152. The molecule has 0 saturated heterocycles. The van der Waals surface area contributed by atoms with Crippen LogP contribution >= 0.6 is 0 Å². The Balaban J connectivity index is 1.06. The lowest BCUT2D eigenvalue weighted by Crippen LogP contribution is -2.07. The zero-order chi connectivity index (χ0) is 45.0. The predicted octanol–water partition coefficient (Wildman–Crippen LogP) is 14.9. The first-order chi connectivity index (χ1) is 33.7. The maximum absolute atomic E-state index is 5.45. The van der Waals surface area contributed by atoms with Gasteiger partial charge in [0.05, 0.1) is 33.5 Å². The van der Waals surface area contributed by atoms with E-state index >= 15 is 0 Å². The van der Waals surface area contributed by atoms with Gasteiger partial charge < -0.3 is 4.57 Å². The summed E-state index contributed by atoms with van der Waals surface area (Å²) in [6.07, 6.45) is 0. The largest absolute Gasteiger partial charge is 0.307 e. The summed E-state index contributed by atoms with van der Waals surface area (Å²) in [4.78, 5) is 26.3. The van der Waals surface area contributed by atoms with Crippen LogP contribution in [0.5, 0.6) is 0 Å². The van der Waals surface area contributed by atoms with Crippen LogP contribution in [-0.4, -0.2) is 34.1 Å². The fourth-order valence-electron chi connectivity index (χ4n) is 9.63. The van der Waals surface area contributed by atoms with Gasteiger partial charge >= 0.3 is 0 Å². The molecule has 0 unspecified atom stereocenters. The second-order valence-electron chi connectivity index (χ2n) is 16.9. The molecule has 4 heterocycles. The first-order valence-corrected chi connectivity index (χ1v) is 22.8. The maximum atomic E-state index is 5.45. The molecule has 0 fully saturated rings. The van der Waals surface area contributed by atoms with Crippen LogP contribution in [0, 0.1) is 0 Å². The van der Waals surface area contributed by atoms with Gasteiger partial charge in [0.2, 0.25) is 5.95 Å². The molecule has 0 saturated carbocycles. The van der Waals surface area contributed by atoms with E-state index in [1.807, 2.05) is 66.7 Å². The summed E-state index contributed by atoms with van der Waals surface area (Å²) in [5.41, 5.74) is 13.8. The highest BCUT2D eigenvalue weighted by molar-refractivity contribution is 6.23. The molecule has 68 heavy (non-hydrogen) atoms. The summed E-state index contributed by atoms with van der Waals surface area (Å²) in [6, 6.07) is 82.1. The predicted molar refractivity (Wildman–Crippen MR) is 277 cm³/mol. The van der Waals surface area contributed by atoms with Crippen molar-refractivity contribution < 1.29 is 0 Å². The van der Waals surface area contributed by atoms with E-state index in [0.29, 0.717) is 23.4 Å². The molecule has 318 valence electrons. The third-order valence-electron chi connectivity index (χ3n) is 12.8. The molecule has 13 rings (SSSR count). The molecule has 0 aliphatic heterocycles. The summed E-state index contributed by atoms with van der Waals surface area (Å²) >= 11 is 0. The van der Waals surface area contributed by atoms with E-state index in [0.717, 1.165) is 94.2 Å². The standard InChI is InChI=1S/C61H39N7/c1-5-19-40(20-6-1)44-27-18-30-47(38-44)67-54-33-15-13-31-48(54)50-35-36-51-49-32-14-16-34-55(49)68(57(51)56(50)67)61-65-59(43-25-11-4-12-26-43)64-60(66-61)46-29-17-28-45(37-46)53-39-52(41-21-7-2-8-22-41)62-58(63-53)42-23-9-3-10-24-42/h1-39H. The molecule has 0 aliphatic rings. The van der Waals surface area contributed by atoms with Gasteiger partial charge in [-0.3, -0.25) is 4.57 Å². The van der Waals surface area contributed by atoms with E-state index in [4.69, 9.17) is 24.9 Å². The van der Waals surface area contributed by atoms with Gasteiger partial charge in [0.25, 0.3) is 0 Å². The van der Waals surface area contributed by atoms with E-state index in [1.54, 1.807) is 0 Å². The van der Waals surface area contributed by atoms with E-state index in [9.17, 15) is 0 Å². The minimum Gasteiger partial charge on any atom is -0.307 e. The lowest BCUT2D eigenvalue weighted by molar-refractivity contribution is 0.953. The topological polar surface area (TPSA) is 74.3 Å². The van der Waals surface area contributed by atoms with Crippen LogP contribution in [0.3, 0.4) is 0 Å². The Bertz CT molecular complexity index is 3950. The third-order valence-corrected chi connectivity index (χ3v) is 12.8. The highest BCUT2D eigenvalue weighted by Crippen LogP contribution is 2.42. The molecule has 0 bridgehead atoms. The van der Waals surface area contributed by atoms with E-state index in [1.165, 1.54) is 5.39 Å². The number of para-hydroxylation sites is 2. The van der Waals surface area contributed by atoms with Crippen LogP contribution in [0.15, 0.2) is 237 Å². The molecule has 0 N–H and O–H groups in total. The maximum Gasteiger partial charge on any atom is 0.238 e. The van der Waals surface area contributed by atoms with Gasteiger partial charge in [0.1, 0.15) is 0 Å². The van der Waals surface area contributed by atoms with Crippen molar-refractivity contribution in [1.82, 2.24) is 34.1 Å². The van der Waals surface area contributed by atoms with Crippen LogP contribution in [-0.2, 0) is 0 Å². The number of aromatic nitrogens is 7. The van der Waals surface area contributed by atoms with Crippen LogP contribution in [0.25, 0.3) is 123 Å². The molecule has 0 aliphatic carbocycles. The smallest absolute Gasteiger partial charge is 0.238 e. The van der Waals surface area contributed by atoms with Crippen LogP contribution in [0.1, 0.15) is 0 Å². The van der Waals surface area contributed by atoms with Gasteiger partial charge in [-0.2, -0.15) is 9.97 Å². The molecule has 7 heteroatoms. The van der Waals surface area contributed by atoms with Crippen molar-refractivity contribution >= 4 is 43.6 Å². The van der Waals surface area contributed by atoms with Gasteiger partial charge in [-0.1, -0.05) is 200 Å². The van der Waals surface area contributed by atoms with Gasteiger partial charge in [0, 0.05) is 55.0 Å². The second kappa shape index (κ2) is 16.3. The molecule has 0 spiro atoms. The van der Waals surface area contributed by atoms with Gasteiger partial charge in [-0.05, 0) is 47.5 Å². The van der Waals surface area contributed by atoms with Crippen molar-refractivity contribution in [2.24, 2.45) is 0 Å². The Morgan fingerprint density at radius 2 is 0.691 bits per heavy atom. The van der Waals surface area contributed by atoms with Gasteiger partial charge in [-0.25, -0.2) is 15.0 Å². The first kappa shape index (κ1) is 39.1. The fraction of sp³-hybridized carbons (Fsp3) is 0. The van der Waals surface area contributed by atoms with E-state index in [-0.39, 0.29) is 0 Å². The van der Waals surface area contributed by atoms with Crippen molar-refractivity contribution in [3.63, 3.8) is 0 Å². The Morgan fingerprint density at radius 3 is 1.32 bits per heavy atom. The Hall–Kier alpha value is -9.33. The van der Waals surface area contributed by atoms with Crippen molar-refractivity contribution in [3.05, 3.63) is 237 Å². The zero-order valence-electron chi connectivity index (χ0n) is 36.6. The normalized spacial score (nSPS) is 11.5. The van der Waals surface area contributed by atoms with Gasteiger partial charge in [0.15, 0.2) is 17.5 Å². The van der Waals surface area contributed by atoms with Crippen molar-refractivity contribution in [3.8, 4) is 79.4 Å². The number of hydrogen-bond donors (Lipinski definition) is 0. The summed E-state index contributed by atoms with van der Waals surface area (Å²) in [5.74, 6) is 2.30. The number of hydrogen-bond acceptors (Lipinski definition) is 5. The number of nitrogens with zero attached hydrogens (tertiary/aromatic N) is 7. The molecule has 4 aromatic heterocycles. The highest BCUT2D eigenvalue weighted by atomic mass is 15.2. The fourth-order valence-corrected chi connectivity index (χ4v) is 9.63. The molecule has 13 aromatic rings. The highest BCUT2D eigenvalue weighted by Gasteiger charge is 2.24. The average Bonchev–Trinajstić information content (AvgIpc) is 3.95. The van der Waals surface area contributed by atoms with E-state index < -0.39 is 0 Å². The zero-order valence-corrected chi connectivity index (χ0v) is 36.6. The number of rotatable bonds is 8. The monoisotopic (exact) mass is 869 g/mol. The summed E-state index contributed by atoms with van der Waals surface area (Å²) in [5, 5.41) is 4.52. The third kappa shape index (κ3) is 6.72. The SMILES string of the molecule is c1ccc(-c2cccc(-n3c4ccccc4c4ccc5c6ccccc6n(-c6nc(-c7ccccc7)nc(-c7cccc(-c8cc(-c9ccccc9)nc(-c9ccccc9)n8)c7)n6)c5c43)c2)cc1. The average molecular weight is 870 g/mol. The minimum atomic E-state index is 0.521. The molecular formula is C61H39N7. The first-order valence-electron chi connectivity index (χ1n) is 22.8. The summed E-state index contributed by atoms with van der Waals surface area (Å²) in [6.45, 7) is 0. The number of benzene rings is 9. The molecular weight excluding hydrogens is 831 g/mol. The molecule has 0 atom stereocenters. The van der Waals surface area contributed by atoms with Crippen molar-refractivity contribution in [1.29, 1.82) is 0 Å². The Kier molecular flexibility index (Phi) is 9.35. The molecule has 9 aromatic carbocycles. The lowest BCUT2D eigenvalue weighted by Gasteiger charge is -2.14. The Morgan fingerprint density at radius 1 is 0.250 bits per heavy atom. The number of fused-ring (bicyclic) bond motifs is 7. The van der Waals surface area contributed by atoms with E-state index in [2.05, 4.69) is 179 Å². The van der Waals surface area contributed by atoms with Crippen LogP contribution < -0.4 is 0 Å². The second-order valence-corrected chi connectivity index (χ2v) is 16.9. The van der Waals surface area contributed by atoms with Crippen molar-refractivity contribution in [2.45, 2.75) is 0 Å². The molecule has 0 radical (unpaired) electrons. The summed E-state index contributed by atoms with van der Waals surface area (Å²) in [7, 11) is 0. The lowest BCUT2D eigenvalue weighted by atomic mass is 10.0. The molecule has 0 amide bonds. The van der Waals surface area contributed by atoms with Crippen LogP contribution in [0.2, 0.25) is 0 Å². The Labute approximate surface area is 392 Å². The van der Waals surface area contributed by atoms with Gasteiger partial charge in [-0.15, -0.1) is 0 Å². The minimum absolute atomic E-state index is 0.521. The molecule has 7 nitrogen and oxygen atoms in total. The van der Waals surface area contributed by atoms with Crippen molar-refractivity contribution in [2.75, 3.05) is 0 Å².